The van der Waals surface area contributed by atoms with Crippen molar-refractivity contribution in [3.05, 3.63) is 0 Å². The van der Waals surface area contributed by atoms with E-state index >= 15 is 0 Å². The van der Waals surface area contributed by atoms with Crippen molar-refractivity contribution in [1.29, 1.82) is 0 Å². The van der Waals surface area contributed by atoms with Crippen LogP contribution in [0.2, 0.25) is 0 Å². The van der Waals surface area contributed by atoms with Gasteiger partial charge in [-0.25, -0.2) is 0 Å². The zero-order chi connectivity index (χ0) is 12.0. The standard InChI is InChI=1S/C13H28N2O/c1-4-16-13(9-14)7-8-15(10-11(2)3)12-5-6-12/h11-13H,4-10,14H2,1-3H3. The van der Waals surface area contributed by atoms with Gasteiger partial charge >= 0.3 is 0 Å². The van der Waals surface area contributed by atoms with E-state index in [1.165, 1.54) is 19.4 Å². The summed E-state index contributed by atoms with van der Waals surface area (Å²) >= 11 is 0. The fourth-order valence-corrected chi connectivity index (χ4v) is 2.15. The van der Waals surface area contributed by atoms with E-state index in [1.54, 1.807) is 0 Å². The van der Waals surface area contributed by atoms with Gasteiger partial charge in [0.1, 0.15) is 0 Å². The molecule has 1 unspecified atom stereocenters. The molecule has 1 aliphatic rings. The second kappa shape index (κ2) is 7.25. The van der Waals surface area contributed by atoms with Crippen LogP contribution in [-0.2, 0) is 4.74 Å². The zero-order valence-corrected chi connectivity index (χ0v) is 11.1. The molecule has 0 aromatic carbocycles. The lowest BCUT2D eigenvalue weighted by atomic mass is 10.1. The normalized spacial score (nSPS) is 18.4. The number of nitrogens with two attached hydrogens (primary N) is 1. The molecule has 3 heteroatoms. The summed E-state index contributed by atoms with van der Waals surface area (Å²) in [7, 11) is 0. The van der Waals surface area contributed by atoms with Crippen LogP contribution in [0.3, 0.4) is 0 Å². The van der Waals surface area contributed by atoms with E-state index in [1.807, 2.05) is 6.92 Å². The predicted octanol–water partition coefficient (Wildman–Crippen LogP) is 1.86. The van der Waals surface area contributed by atoms with Crippen molar-refractivity contribution in [2.45, 2.75) is 52.2 Å². The molecule has 16 heavy (non-hydrogen) atoms. The average molecular weight is 228 g/mol. The highest BCUT2D eigenvalue weighted by Gasteiger charge is 2.29. The largest absolute Gasteiger partial charge is 0.377 e. The van der Waals surface area contributed by atoms with Crippen LogP contribution in [0, 0.1) is 5.92 Å². The number of hydrogen-bond acceptors (Lipinski definition) is 3. The van der Waals surface area contributed by atoms with E-state index in [-0.39, 0.29) is 6.10 Å². The highest BCUT2D eigenvalue weighted by atomic mass is 16.5. The minimum atomic E-state index is 0.249. The Labute approximate surface area is 100 Å². The average Bonchev–Trinajstić information content (AvgIpc) is 3.05. The van der Waals surface area contributed by atoms with Crippen LogP contribution in [0.5, 0.6) is 0 Å². The number of rotatable bonds is 9. The van der Waals surface area contributed by atoms with Crippen LogP contribution in [0.25, 0.3) is 0 Å². The second-order valence-electron chi connectivity index (χ2n) is 5.22. The Morgan fingerprint density at radius 1 is 1.38 bits per heavy atom. The molecule has 1 atom stereocenters. The Balaban J connectivity index is 2.25. The summed E-state index contributed by atoms with van der Waals surface area (Å²) in [6.45, 7) is 10.4. The summed E-state index contributed by atoms with van der Waals surface area (Å²) in [5.41, 5.74) is 5.69. The lowest BCUT2D eigenvalue weighted by Crippen LogP contribution is -2.35. The molecule has 1 aliphatic carbocycles. The van der Waals surface area contributed by atoms with Crippen molar-refractivity contribution < 1.29 is 4.74 Å². The first-order valence-corrected chi connectivity index (χ1v) is 6.73. The maximum atomic E-state index is 5.69. The monoisotopic (exact) mass is 228 g/mol. The van der Waals surface area contributed by atoms with Crippen molar-refractivity contribution >= 4 is 0 Å². The van der Waals surface area contributed by atoms with E-state index in [4.69, 9.17) is 10.5 Å². The van der Waals surface area contributed by atoms with Gasteiger partial charge in [0.25, 0.3) is 0 Å². The van der Waals surface area contributed by atoms with Crippen LogP contribution in [-0.4, -0.2) is 43.3 Å². The lowest BCUT2D eigenvalue weighted by molar-refractivity contribution is 0.0524. The molecule has 0 heterocycles. The van der Waals surface area contributed by atoms with Crippen molar-refractivity contribution in [3.8, 4) is 0 Å². The molecule has 96 valence electrons. The molecule has 0 saturated heterocycles. The smallest absolute Gasteiger partial charge is 0.0709 e. The van der Waals surface area contributed by atoms with Gasteiger partial charge in [0.05, 0.1) is 6.10 Å². The molecule has 0 aliphatic heterocycles. The lowest BCUT2D eigenvalue weighted by Gasteiger charge is -2.26. The Hall–Kier alpha value is -0.120. The minimum Gasteiger partial charge on any atom is -0.377 e. The van der Waals surface area contributed by atoms with Crippen molar-refractivity contribution in [2.75, 3.05) is 26.2 Å². The van der Waals surface area contributed by atoms with E-state index in [2.05, 4.69) is 18.7 Å². The minimum absolute atomic E-state index is 0.249. The Bertz CT molecular complexity index is 181. The molecule has 0 bridgehead atoms. The third-order valence-corrected chi connectivity index (χ3v) is 3.07. The maximum Gasteiger partial charge on any atom is 0.0709 e. The predicted molar refractivity (Wildman–Crippen MR) is 68.5 cm³/mol. The molecule has 1 rings (SSSR count). The summed E-state index contributed by atoms with van der Waals surface area (Å²) < 4.78 is 5.59. The quantitative estimate of drug-likeness (QED) is 0.654. The van der Waals surface area contributed by atoms with E-state index < -0.39 is 0 Å². The van der Waals surface area contributed by atoms with Crippen molar-refractivity contribution in [2.24, 2.45) is 11.7 Å². The molecular formula is C13H28N2O. The van der Waals surface area contributed by atoms with Crippen LogP contribution in [0.1, 0.15) is 40.0 Å². The highest BCUT2D eigenvalue weighted by Crippen LogP contribution is 2.27. The summed E-state index contributed by atoms with van der Waals surface area (Å²) in [4.78, 5) is 2.62. The Morgan fingerprint density at radius 3 is 2.50 bits per heavy atom. The first-order chi connectivity index (χ1) is 7.67. The molecule has 1 saturated carbocycles. The summed E-state index contributed by atoms with van der Waals surface area (Å²) in [6.07, 6.45) is 4.09. The molecule has 0 aromatic rings. The van der Waals surface area contributed by atoms with E-state index in [9.17, 15) is 0 Å². The number of ether oxygens (including phenoxy) is 1. The Morgan fingerprint density at radius 2 is 2.06 bits per heavy atom. The third-order valence-electron chi connectivity index (χ3n) is 3.07. The molecule has 0 aromatic heterocycles. The maximum absolute atomic E-state index is 5.69. The molecular weight excluding hydrogens is 200 g/mol. The number of nitrogens with zero attached hydrogens (tertiary/aromatic N) is 1. The van der Waals surface area contributed by atoms with Gasteiger partial charge in [-0.3, -0.25) is 0 Å². The van der Waals surface area contributed by atoms with E-state index in [0.29, 0.717) is 6.54 Å². The molecule has 0 amide bonds. The molecule has 0 spiro atoms. The summed E-state index contributed by atoms with van der Waals surface area (Å²) in [5.74, 6) is 0.754. The number of hydrogen-bond donors (Lipinski definition) is 1. The van der Waals surface area contributed by atoms with Gasteiger partial charge in [-0.2, -0.15) is 0 Å². The van der Waals surface area contributed by atoms with Gasteiger partial charge in [-0.1, -0.05) is 13.8 Å². The van der Waals surface area contributed by atoms with Crippen LogP contribution < -0.4 is 5.73 Å². The fourth-order valence-electron chi connectivity index (χ4n) is 2.15. The zero-order valence-electron chi connectivity index (χ0n) is 11.1. The second-order valence-corrected chi connectivity index (χ2v) is 5.22. The van der Waals surface area contributed by atoms with Crippen molar-refractivity contribution in [1.82, 2.24) is 4.90 Å². The van der Waals surface area contributed by atoms with Gasteiger partial charge in [0.2, 0.25) is 0 Å². The first kappa shape index (κ1) is 13.9. The molecule has 1 fully saturated rings. The Kier molecular flexibility index (Phi) is 6.32. The van der Waals surface area contributed by atoms with E-state index in [0.717, 1.165) is 31.5 Å². The molecule has 0 radical (unpaired) electrons. The first-order valence-electron chi connectivity index (χ1n) is 6.73. The van der Waals surface area contributed by atoms with Gasteiger partial charge in [-0.15, -0.1) is 0 Å². The summed E-state index contributed by atoms with van der Waals surface area (Å²) in [5, 5.41) is 0. The van der Waals surface area contributed by atoms with Gasteiger partial charge in [-0.05, 0) is 32.1 Å². The SMILES string of the molecule is CCOC(CN)CCN(CC(C)C)C1CC1. The highest BCUT2D eigenvalue weighted by molar-refractivity contribution is 4.85. The van der Waals surface area contributed by atoms with Crippen LogP contribution >= 0.6 is 0 Å². The van der Waals surface area contributed by atoms with Crippen molar-refractivity contribution in [3.63, 3.8) is 0 Å². The topological polar surface area (TPSA) is 38.5 Å². The third kappa shape index (κ3) is 5.28. The van der Waals surface area contributed by atoms with Gasteiger partial charge in [0, 0.05) is 32.3 Å². The van der Waals surface area contributed by atoms with Gasteiger partial charge in [0.15, 0.2) is 0 Å². The van der Waals surface area contributed by atoms with Crippen LogP contribution in [0.15, 0.2) is 0 Å². The fraction of sp³-hybridized carbons (Fsp3) is 1.00. The summed E-state index contributed by atoms with van der Waals surface area (Å²) in [6, 6.07) is 0.849. The molecule has 2 N–H and O–H groups in total. The molecule has 3 nitrogen and oxygen atoms in total. The van der Waals surface area contributed by atoms with Gasteiger partial charge < -0.3 is 15.4 Å². The van der Waals surface area contributed by atoms with Crippen LogP contribution in [0.4, 0.5) is 0 Å².